The number of aromatic nitrogens is 2. The summed E-state index contributed by atoms with van der Waals surface area (Å²) < 4.78 is 1.09. The fourth-order valence-corrected chi connectivity index (χ4v) is 4.47. The number of hydrogen-bond acceptors (Lipinski definition) is 5. The number of hydrogen-bond donors (Lipinski definition) is 0. The van der Waals surface area contributed by atoms with Gasteiger partial charge in [-0.2, -0.15) is 0 Å². The van der Waals surface area contributed by atoms with Crippen LogP contribution in [-0.2, 0) is 4.79 Å². The van der Waals surface area contributed by atoms with Gasteiger partial charge in [-0.25, -0.2) is 9.97 Å². The third-order valence-electron chi connectivity index (χ3n) is 4.66. The van der Waals surface area contributed by atoms with Gasteiger partial charge in [-0.05, 0) is 23.8 Å². The molecule has 2 aromatic heterocycles. The minimum atomic E-state index is 0.221. The molecule has 0 bridgehead atoms. The second-order valence-corrected chi connectivity index (χ2v) is 7.74. The lowest BCUT2D eigenvalue weighted by Crippen LogP contribution is -2.48. The van der Waals surface area contributed by atoms with Crippen molar-refractivity contribution in [1.29, 1.82) is 0 Å². The van der Waals surface area contributed by atoms with E-state index in [9.17, 15) is 4.79 Å². The summed E-state index contributed by atoms with van der Waals surface area (Å²) in [6.45, 7) is 4.99. The predicted molar refractivity (Wildman–Crippen MR) is 107 cm³/mol. The average molecular weight is 387 g/mol. The number of benzene rings is 1. The Bertz CT molecular complexity index is 932. The standard InChI is InChI=1S/C19H19ClN4OS/c1-2-17(25)23-7-9-24(10-8-23)19-18-15(21-12-22-19)11-16(26-18)13-3-5-14(20)6-4-13/h3-6,11-12H,2,7-10H2,1H3. The highest BCUT2D eigenvalue weighted by Gasteiger charge is 2.23. The molecular formula is C19H19ClN4OS. The fourth-order valence-electron chi connectivity index (χ4n) is 3.21. The third-order valence-corrected chi connectivity index (χ3v) is 6.08. The number of thiophene rings is 1. The molecule has 26 heavy (non-hydrogen) atoms. The van der Waals surface area contributed by atoms with E-state index >= 15 is 0 Å². The molecule has 0 spiro atoms. The molecule has 3 heterocycles. The summed E-state index contributed by atoms with van der Waals surface area (Å²) in [5, 5.41) is 0.731. The van der Waals surface area contributed by atoms with Crippen LogP contribution < -0.4 is 4.90 Å². The Labute approximate surface area is 161 Å². The normalized spacial score (nSPS) is 14.8. The molecule has 3 aromatic rings. The van der Waals surface area contributed by atoms with Crippen molar-refractivity contribution in [2.24, 2.45) is 0 Å². The molecule has 0 radical (unpaired) electrons. The summed E-state index contributed by atoms with van der Waals surface area (Å²) in [6.07, 6.45) is 2.19. The monoisotopic (exact) mass is 386 g/mol. The van der Waals surface area contributed by atoms with E-state index in [0.717, 1.165) is 57.7 Å². The molecule has 7 heteroatoms. The molecule has 1 fully saturated rings. The van der Waals surface area contributed by atoms with Crippen LogP contribution in [0.2, 0.25) is 5.02 Å². The maximum absolute atomic E-state index is 11.9. The van der Waals surface area contributed by atoms with Crippen molar-refractivity contribution in [1.82, 2.24) is 14.9 Å². The first kappa shape index (κ1) is 17.2. The van der Waals surface area contributed by atoms with Gasteiger partial charge in [-0.15, -0.1) is 11.3 Å². The average Bonchev–Trinajstić information content (AvgIpc) is 3.12. The zero-order valence-corrected chi connectivity index (χ0v) is 16.1. The quantitative estimate of drug-likeness (QED) is 0.680. The van der Waals surface area contributed by atoms with Crippen LogP contribution >= 0.6 is 22.9 Å². The summed E-state index contributed by atoms with van der Waals surface area (Å²) in [5.41, 5.74) is 2.08. The van der Waals surface area contributed by atoms with Crippen LogP contribution in [0.1, 0.15) is 13.3 Å². The summed E-state index contributed by atoms with van der Waals surface area (Å²) in [7, 11) is 0. The SMILES string of the molecule is CCC(=O)N1CCN(c2ncnc3cc(-c4ccc(Cl)cc4)sc23)CC1. The van der Waals surface area contributed by atoms with Crippen LogP contribution in [0.4, 0.5) is 5.82 Å². The van der Waals surface area contributed by atoms with Gasteiger partial charge in [0.1, 0.15) is 12.1 Å². The number of carbonyl (C=O) groups is 1. The van der Waals surface area contributed by atoms with Crippen molar-refractivity contribution in [3.8, 4) is 10.4 Å². The van der Waals surface area contributed by atoms with Crippen LogP contribution in [0.5, 0.6) is 0 Å². The number of fused-ring (bicyclic) bond motifs is 1. The molecule has 1 aromatic carbocycles. The molecule has 1 aliphatic rings. The number of rotatable bonds is 3. The Morgan fingerprint density at radius 1 is 1.15 bits per heavy atom. The van der Waals surface area contributed by atoms with Crippen molar-refractivity contribution in [2.75, 3.05) is 31.1 Å². The molecule has 134 valence electrons. The Hall–Kier alpha value is -2.18. The first-order valence-corrected chi connectivity index (χ1v) is 9.88. The maximum Gasteiger partial charge on any atom is 0.222 e. The number of nitrogens with zero attached hydrogens (tertiary/aromatic N) is 4. The minimum Gasteiger partial charge on any atom is -0.352 e. The lowest BCUT2D eigenvalue weighted by molar-refractivity contribution is -0.131. The van der Waals surface area contributed by atoms with Crippen molar-refractivity contribution in [3.63, 3.8) is 0 Å². The molecular weight excluding hydrogens is 368 g/mol. The smallest absolute Gasteiger partial charge is 0.222 e. The van der Waals surface area contributed by atoms with Gasteiger partial charge in [0.2, 0.25) is 5.91 Å². The zero-order chi connectivity index (χ0) is 18.1. The number of piperazine rings is 1. The molecule has 0 N–H and O–H groups in total. The number of carbonyl (C=O) groups excluding carboxylic acids is 1. The highest BCUT2D eigenvalue weighted by atomic mass is 35.5. The predicted octanol–water partition coefficient (Wildman–Crippen LogP) is 4.07. The molecule has 1 saturated heterocycles. The van der Waals surface area contributed by atoms with Gasteiger partial charge in [0, 0.05) is 42.5 Å². The second kappa shape index (κ2) is 7.21. The van der Waals surface area contributed by atoms with Gasteiger partial charge < -0.3 is 9.80 Å². The summed E-state index contributed by atoms with van der Waals surface area (Å²) in [5.74, 6) is 1.18. The topological polar surface area (TPSA) is 49.3 Å². The minimum absolute atomic E-state index is 0.221. The second-order valence-electron chi connectivity index (χ2n) is 6.25. The van der Waals surface area contributed by atoms with Gasteiger partial charge >= 0.3 is 0 Å². The van der Waals surface area contributed by atoms with E-state index in [-0.39, 0.29) is 5.91 Å². The van der Waals surface area contributed by atoms with E-state index in [1.54, 1.807) is 17.7 Å². The van der Waals surface area contributed by atoms with Gasteiger partial charge in [0.15, 0.2) is 0 Å². The van der Waals surface area contributed by atoms with E-state index in [1.807, 2.05) is 36.1 Å². The molecule has 4 rings (SSSR count). The summed E-state index contributed by atoms with van der Waals surface area (Å²) >= 11 is 7.69. The molecule has 0 aliphatic carbocycles. The van der Waals surface area contributed by atoms with Crippen LogP contribution in [0.15, 0.2) is 36.7 Å². The summed E-state index contributed by atoms with van der Waals surface area (Å²) in [4.78, 5) is 26.2. The zero-order valence-electron chi connectivity index (χ0n) is 14.5. The van der Waals surface area contributed by atoms with Crippen LogP contribution in [0.3, 0.4) is 0 Å². The maximum atomic E-state index is 11.9. The number of halogens is 1. The molecule has 0 saturated carbocycles. The van der Waals surface area contributed by atoms with Crippen molar-refractivity contribution in [3.05, 3.63) is 41.7 Å². The Morgan fingerprint density at radius 3 is 2.58 bits per heavy atom. The van der Waals surface area contributed by atoms with Gasteiger partial charge in [-0.3, -0.25) is 4.79 Å². The van der Waals surface area contributed by atoms with Crippen LogP contribution in [0, 0.1) is 0 Å². The lowest BCUT2D eigenvalue weighted by Gasteiger charge is -2.35. The van der Waals surface area contributed by atoms with Crippen LogP contribution in [-0.4, -0.2) is 47.0 Å². The summed E-state index contributed by atoms with van der Waals surface area (Å²) in [6, 6.07) is 9.95. The van der Waals surface area contributed by atoms with Gasteiger partial charge in [-0.1, -0.05) is 30.7 Å². The Morgan fingerprint density at radius 2 is 1.88 bits per heavy atom. The van der Waals surface area contributed by atoms with E-state index in [2.05, 4.69) is 20.9 Å². The van der Waals surface area contributed by atoms with Crippen molar-refractivity contribution >= 4 is 44.9 Å². The van der Waals surface area contributed by atoms with E-state index < -0.39 is 0 Å². The largest absolute Gasteiger partial charge is 0.352 e. The third kappa shape index (κ3) is 3.27. The Balaban J connectivity index is 1.62. The highest BCUT2D eigenvalue weighted by molar-refractivity contribution is 7.22. The first-order valence-electron chi connectivity index (χ1n) is 8.69. The van der Waals surface area contributed by atoms with E-state index in [0.29, 0.717) is 6.42 Å². The van der Waals surface area contributed by atoms with Gasteiger partial charge in [0.05, 0.1) is 10.2 Å². The molecule has 1 aliphatic heterocycles. The lowest BCUT2D eigenvalue weighted by atomic mass is 10.2. The fraction of sp³-hybridized carbons (Fsp3) is 0.316. The number of amides is 1. The van der Waals surface area contributed by atoms with Crippen molar-refractivity contribution < 1.29 is 4.79 Å². The van der Waals surface area contributed by atoms with Crippen molar-refractivity contribution in [2.45, 2.75) is 13.3 Å². The molecule has 0 atom stereocenters. The van der Waals surface area contributed by atoms with E-state index in [1.165, 1.54) is 0 Å². The molecule has 5 nitrogen and oxygen atoms in total. The van der Waals surface area contributed by atoms with E-state index in [4.69, 9.17) is 11.6 Å². The Kier molecular flexibility index (Phi) is 4.78. The highest BCUT2D eigenvalue weighted by Crippen LogP contribution is 2.37. The van der Waals surface area contributed by atoms with Gasteiger partial charge in [0.25, 0.3) is 0 Å². The number of anilines is 1. The first-order chi connectivity index (χ1) is 12.7. The van der Waals surface area contributed by atoms with Crippen LogP contribution in [0.25, 0.3) is 20.7 Å². The molecule has 0 unspecified atom stereocenters. The molecule has 1 amide bonds.